The molecule has 3 aromatic rings. The number of ether oxygens (including phenoxy) is 1. The molecule has 206 valence electrons. The van der Waals surface area contributed by atoms with Crippen LogP contribution < -0.4 is 20.4 Å². The molecule has 1 aliphatic rings. The third-order valence-electron chi connectivity index (χ3n) is 5.38. The van der Waals surface area contributed by atoms with Gasteiger partial charge in [-0.1, -0.05) is 30.3 Å². The van der Waals surface area contributed by atoms with E-state index in [-0.39, 0.29) is 17.0 Å². The van der Waals surface area contributed by atoms with E-state index in [0.29, 0.717) is 12.1 Å². The van der Waals surface area contributed by atoms with Gasteiger partial charge in [-0.05, 0) is 12.5 Å². The maximum atomic E-state index is 12.2. The number of rotatable bonds is 10. The van der Waals surface area contributed by atoms with Gasteiger partial charge in [0.15, 0.2) is 23.2 Å². The zero-order chi connectivity index (χ0) is 27.5. The number of carbonyl (C=O) groups excluding carboxylic acids is 1. The first-order valence-electron chi connectivity index (χ1n) is 11.2. The fraction of sp³-hybridized carbons (Fsp3) is 0.400. The van der Waals surface area contributed by atoms with Gasteiger partial charge in [-0.25, -0.2) is 19.7 Å². The van der Waals surface area contributed by atoms with Gasteiger partial charge in [0, 0.05) is 12.7 Å². The largest absolute Gasteiger partial charge is 0.778 e. The summed E-state index contributed by atoms with van der Waals surface area (Å²) < 4.78 is 40.1. The van der Waals surface area contributed by atoms with Crippen molar-refractivity contribution in [2.75, 3.05) is 18.5 Å². The second-order valence-corrected chi connectivity index (χ2v) is 11.5. The Labute approximate surface area is 215 Å². The summed E-state index contributed by atoms with van der Waals surface area (Å²) in [4.78, 5) is 48.4. The van der Waals surface area contributed by atoms with Gasteiger partial charge in [-0.3, -0.25) is 18.8 Å². The van der Waals surface area contributed by atoms with Crippen molar-refractivity contribution in [1.82, 2.24) is 24.8 Å². The number of fused-ring (bicyclic) bond motifs is 1. The van der Waals surface area contributed by atoms with Crippen LogP contribution in [0.4, 0.5) is 10.6 Å². The van der Waals surface area contributed by atoms with Gasteiger partial charge in [0.1, 0.15) is 32.2 Å². The molecule has 0 spiro atoms. The molecular formula is C20H24N6O10P2-2. The van der Waals surface area contributed by atoms with Crippen molar-refractivity contribution in [2.24, 2.45) is 0 Å². The number of carbonyl (C=O) groups is 1. The van der Waals surface area contributed by atoms with E-state index in [4.69, 9.17) is 4.74 Å². The number of nitrogens with one attached hydrogen (secondary N) is 2. The molecule has 2 unspecified atom stereocenters. The van der Waals surface area contributed by atoms with Crippen molar-refractivity contribution in [2.45, 2.75) is 37.6 Å². The van der Waals surface area contributed by atoms with Crippen LogP contribution >= 0.6 is 15.4 Å². The maximum absolute atomic E-state index is 12.2. The predicted octanol–water partition coefficient (Wildman–Crippen LogP) is -0.158. The highest BCUT2D eigenvalue weighted by Gasteiger charge is 2.45. The van der Waals surface area contributed by atoms with Crippen LogP contribution in [0.5, 0.6) is 0 Å². The zero-order valence-corrected chi connectivity index (χ0v) is 21.6. The van der Waals surface area contributed by atoms with Gasteiger partial charge in [0.25, 0.3) is 7.82 Å². The lowest BCUT2D eigenvalue weighted by Gasteiger charge is -2.32. The number of aliphatic hydroxyl groups excluding tert-OH is 2. The molecule has 2 amide bonds. The summed E-state index contributed by atoms with van der Waals surface area (Å²) in [5.41, 5.74) is 0.605. The Morgan fingerprint density at radius 1 is 1.16 bits per heavy atom. The quantitative estimate of drug-likeness (QED) is 0.232. The monoisotopic (exact) mass is 570 g/mol. The van der Waals surface area contributed by atoms with Crippen molar-refractivity contribution < 1.29 is 47.5 Å². The summed E-state index contributed by atoms with van der Waals surface area (Å²) in [5.74, 6) is 0.0783. The number of amides is 2. The van der Waals surface area contributed by atoms with Crippen LogP contribution in [-0.4, -0.2) is 67.2 Å². The Morgan fingerprint density at radius 3 is 2.61 bits per heavy atom. The summed E-state index contributed by atoms with van der Waals surface area (Å²) in [6.45, 7) is 1.25. The van der Waals surface area contributed by atoms with Gasteiger partial charge in [0.05, 0.1) is 12.9 Å². The molecule has 3 heterocycles. The molecule has 18 heteroatoms. The number of benzene rings is 1. The molecule has 1 aromatic carbocycles. The fourth-order valence-corrected chi connectivity index (χ4v) is 6.34. The minimum atomic E-state index is -5.38. The van der Waals surface area contributed by atoms with Crippen LogP contribution in [-0.2, 0) is 28.9 Å². The Kier molecular flexibility index (Phi) is 8.57. The maximum Gasteiger partial charge on any atom is 0.320 e. The summed E-state index contributed by atoms with van der Waals surface area (Å²) in [6, 6.07) is 7.27. The number of imidazole rings is 1. The van der Waals surface area contributed by atoms with E-state index in [1.807, 2.05) is 0 Å². The molecule has 2 aromatic heterocycles. The lowest BCUT2D eigenvalue weighted by Crippen LogP contribution is -2.34. The number of nitrogens with zero attached hydrogens (tertiary/aromatic N) is 4. The molecule has 1 fully saturated rings. The SMILES string of the molecule is CCNC(=O)Nc1ncnc2c1ncn2[C@@H]1O[C@H](COP(=O)([O-])OP(=O)([O-])Cc2ccccc2)[C@H](O)[C@@H]1O. The molecule has 0 radical (unpaired) electrons. The lowest BCUT2D eigenvalue weighted by molar-refractivity contribution is -0.234. The molecule has 1 saturated heterocycles. The van der Waals surface area contributed by atoms with E-state index in [1.54, 1.807) is 25.1 Å². The highest BCUT2D eigenvalue weighted by atomic mass is 31.3. The van der Waals surface area contributed by atoms with Gasteiger partial charge >= 0.3 is 6.03 Å². The third-order valence-corrected chi connectivity index (χ3v) is 8.39. The number of aliphatic hydroxyl groups is 2. The number of phosphoric acid groups is 1. The topological polar surface area (TPSA) is 233 Å². The number of aromatic nitrogens is 4. The second-order valence-electron chi connectivity index (χ2n) is 8.16. The van der Waals surface area contributed by atoms with Crippen LogP contribution in [0.1, 0.15) is 18.7 Å². The zero-order valence-electron chi connectivity index (χ0n) is 19.8. The van der Waals surface area contributed by atoms with Crippen molar-refractivity contribution >= 4 is 38.4 Å². The highest BCUT2D eigenvalue weighted by molar-refractivity contribution is 7.62. The molecule has 0 aliphatic carbocycles. The summed E-state index contributed by atoms with van der Waals surface area (Å²) in [7, 11) is -10.3. The van der Waals surface area contributed by atoms with Gasteiger partial charge < -0.3 is 39.1 Å². The lowest BCUT2D eigenvalue weighted by atomic mass is 10.1. The number of hydrogen-bond donors (Lipinski definition) is 4. The molecular weight excluding hydrogens is 546 g/mol. The van der Waals surface area contributed by atoms with Crippen molar-refractivity contribution in [1.29, 1.82) is 0 Å². The van der Waals surface area contributed by atoms with Gasteiger partial charge in [-0.2, -0.15) is 0 Å². The Hall–Kier alpha value is -2.78. The van der Waals surface area contributed by atoms with Crippen LogP contribution in [0.25, 0.3) is 11.2 Å². The molecule has 0 saturated carbocycles. The molecule has 0 bridgehead atoms. The molecule has 4 N–H and O–H groups in total. The van der Waals surface area contributed by atoms with Gasteiger partial charge in [-0.15, -0.1) is 0 Å². The second kappa shape index (κ2) is 11.5. The summed E-state index contributed by atoms with van der Waals surface area (Å²) >= 11 is 0. The number of phosphoric ester groups is 1. The first kappa shape index (κ1) is 28.2. The molecule has 6 atom stereocenters. The Balaban J connectivity index is 1.42. The van der Waals surface area contributed by atoms with Crippen LogP contribution in [0.15, 0.2) is 43.0 Å². The van der Waals surface area contributed by atoms with E-state index in [1.165, 1.54) is 23.0 Å². The average Bonchev–Trinajstić information content (AvgIpc) is 3.39. The highest BCUT2D eigenvalue weighted by Crippen LogP contribution is 2.56. The van der Waals surface area contributed by atoms with E-state index >= 15 is 0 Å². The number of anilines is 1. The van der Waals surface area contributed by atoms with Crippen LogP contribution in [0.3, 0.4) is 0 Å². The summed E-state index contributed by atoms with van der Waals surface area (Å²) in [5, 5.41) is 26.0. The third kappa shape index (κ3) is 6.61. The fourth-order valence-electron chi connectivity index (χ4n) is 3.72. The number of hydrogen-bond acceptors (Lipinski definition) is 13. The standard InChI is InChI=1S/C20H26N6O10P2/c1-2-21-20(29)25-17-14-18(23-10-22-17)26(11-24-14)19-16(28)15(27)13(35-19)8-34-38(32,33)36-37(30,31)9-12-6-4-3-5-7-12/h3-7,10-11,13,15-16,19,27-28H,2,8-9H2,1H3,(H,30,31)(H,32,33)(H2,21,22,23,25,29)/p-2/t13-,15+,16+,19-/m1/s1. The first-order valence-corrected chi connectivity index (χ1v) is 14.4. The van der Waals surface area contributed by atoms with Crippen LogP contribution in [0, 0.1) is 0 Å². The molecule has 16 nitrogen and oxygen atoms in total. The van der Waals surface area contributed by atoms with Gasteiger partial charge in [0.2, 0.25) is 0 Å². The molecule has 38 heavy (non-hydrogen) atoms. The first-order chi connectivity index (χ1) is 18.0. The van der Waals surface area contributed by atoms with Crippen molar-refractivity contribution in [3.8, 4) is 0 Å². The Bertz CT molecular complexity index is 1370. The van der Waals surface area contributed by atoms with Crippen LogP contribution in [0.2, 0.25) is 0 Å². The normalized spacial score (nSPS) is 24.6. The minimum absolute atomic E-state index is 0.0783. The van der Waals surface area contributed by atoms with E-state index in [0.717, 1.165) is 6.33 Å². The van der Waals surface area contributed by atoms with Crippen molar-refractivity contribution in [3.63, 3.8) is 0 Å². The van der Waals surface area contributed by atoms with Crippen molar-refractivity contribution in [3.05, 3.63) is 48.5 Å². The predicted molar refractivity (Wildman–Crippen MR) is 126 cm³/mol. The van der Waals surface area contributed by atoms with E-state index < -0.39 is 58.8 Å². The van der Waals surface area contributed by atoms with E-state index in [9.17, 15) is 33.9 Å². The molecule has 4 rings (SSSR count). The summed E-state index contributed by atoms with van der Waals surface area (Å²) in [6.07, 6.45) is -4.20. The smallest absolute Gasteiger partial charge is 0.320 e. The molecule has 1 aliphatic heterocycles. The minimum Gasteiger partial charge on any atom is -0.778 e. The Morgan fingerprint density at radius 2 is 1.89 bits per heavy atom. The van der Waals surface area contributed by atoms with E-state index in [2.05, 4.69) is 34.4 Å². The average molecular weight is 570 g/mol. The number of urea groups is 1.